The van der Waals surface area contributed by atoms with Gasteiger partial charge in [0, 0.05) is 19.2 Å². The Labute approximate surface area is 115 Å². The molecule has 1 aliphatic heterocycles. The van der Waals surface area contributed by atoms with E-state index in [1.54, 1.807) is 6.20 Å². The number of hydrogen-bond donors (Lipinski definition) is 2. The standard InChI is InChI=1S/C11H13N5O2.ClH/c17-11(9-1-2-15-18-9)14-6-8-5-13-10-7-12-3-4-16(8)10;/h1-2,5,12H,3-4,6-7H2,(H,14,17);1H. The van der Waals surface area contributed by atoms with Crippen LogP contribution in [0.4, 0.5) is 0 Å². The molecule has 8 heteroatoms. The van der Waals surface area contributed by atoms with Crippen LogP contribution in [0, 0.1) is 0 Å². The maximum Gasteiger partial charge on any atom is 0.290 e. The topological polar surface area (TPSA) is 85.0 Å². The Bertz CT molecular complexity index is 551. The normalized spacial score (nSPS) is 13.5. The van der Waals surface area contributed by atoms with Crippen molar-refractivity contribution in [3.63, 3.8) is 0 Å². The van der Waals surface area contributed by atoms with Gasteiger partial charge in [0.15, 0.2) is 0 Å². The molecule has 19 heavy (non-hydrogen) atoms. The summed E-state index contributed by atoms with van der Waals surface area (Å²) in [6.45, 7) is 3.01. The molecule has 2 N–H and O–H groups in total. The molecule has 0 fully saturated rings. The first kappa shape index (κ1) is 13.6. The highest BCUT2D eigenvalue weighted by atomic mass is 35.5. The summed E-state index contributed by atoms with van der Waals surface area (Å²) in [5.41, 5.74) is 0.999. The maximum absolute atomic E-state index is 11.7. The summed E-state index contributed by atoms with van der Waals surface area (Å²) in [7, 11) is 0. The molecule has 7 nitrogen and oxygen atoms in total. The number of nitrogens with zero attached hydrogens (tertiary/aromatic N) is 3. The fraction of sp³-hybridized carbons (Fsp3) is 0.364. The molecule has 2 aromatic rings. The van der Waals surface area contributed by atoms with Crippen LogP contribution >= 0.6 is 12.4 Å². The molecule has 0 unspecified atom stereocenters. The first-order valence-corrected chi connectivity index (χ1v) is 5.77. The number of aromatic nitrogens is 3. The maximum atomic E-state index is 11.7. The first-order valence-electron chi connectivity index (χ1n) is 5.77. The third kappa shape index (κ3) is 2.77. The summed E-state index contributed by atoms with van der Waals surface area (Å²) >= 11 is 0. The first-order chi connectivity index (χ1) is 8.84. The number of rotatable bonds is 3. The fourth-order valence-corrected chi connectivity index (χ4v) is 1.99. The van der Waals surface area contributed by atoms with Gasteiger partial charge < -0.3 is 19.7 Å². The lowest BCUT2D eigenvalue weighted by atomic mass is 10.3. The molecule has 0 aliphatic carbocycles. The largest absolute Gasteiger partial charge is 0.351 e. The minimum atomic E-state index is -0.267. The minimum absolute atomic E-state index is 0. The van der Waals surface area contributed by atoms with Gasteiger partial charge in [0.2, 0.25) is 5.76 Å². The van der Waals surface area contributed by atoms with E-state index in [0.717, 1.165) is 31.2 Å². The van der Waals surface area contributed by atoms with Crippen molar-refractivity contribution in [2.24, 2.45) is 0 Å². The third-order valence-electron chi connectivity index (χ3n) is 2.91. The number of halogens is 1. The predicted octanol–water partition coefficient (Wildman–Crippen LogP) is 0.326. The molecule has 0 saturated carbocycles. The van der Waals surface area contributed by atoms with Crippen LogP contribution in [0.3, 0.4) is 0 Å². The number of hydrogen-bond acceptors (Lipinski definition) is 5. The lowest BCUT2D eigenvalue weighted by molar-refractivity contribution is 0.0913. The molecule has 0 radical (unpaired) electrons. The number of carbonyl (C=O) groups excluding carboxylic acids is 1. The SMILES string of the molecule is Cl.O=C(NCc1cnc2n1CCNC2)c1ccno1. The van der Waals surface area contributed by atoms with Crippen LogP contribution in [0.25, 0.3) is 0 Å². The smallest absolute Gasteiger partial charge is 0.290 e. The van der Waals surface area contributed by atoms with E-state index in [0.29, 0.717) is 6.54 Å². The lowest BCUT2D eigenvalue weighted by Gasteiger charge is -2.17. The van der Waals surface area contributed by atoms with Crippen molar-refractivity contribution >= 4 is 18.3 Å². The van der Waals surface area contributed by atoms with Crippen molar-refractivity contribution in [3.8, 4) is 0 Å². The second-order valence-corrected chi connectivity index (χ2v) is 4.05. The van der Waals surface area contributed by atoms with Crippen LogP contribution in [-0.2, 0) is 19.6 Å². The summed E-state index contributed by atoms with van der Waals surface area (Å²) in [6.07, 6.45) is 3.24. The Morgan fingerprint density at radius 1 is 1.58 bits per heavy atom. The number of fused-ring (bicyclic) bond motifs is 1. The summed E-state index contributed by atoms with van der Waals surface area (Å²) in [5, 5.41) is 9.53. The van der Waals surface area contributed by atoms with Gasteiger partial charge in [-0.25, -0.2) is 4.98 Å². The van der Waals surface area contributed by atoms with Crippen molar-refractivity contribution in [1.82, 2.24) is 25.3 Å². The highest BCUT2D eigenvalue weighted by molar-refractivity contribution is 5.91. The van der Waals surface area contributed by atoms with E-state index in [1.807, 2.05) is 0 Å². The van der Waals surface area contributed by atoms with E-state index >= 15 is 0 Å². The molecule has 0 spiro atoms. The van der Waals surface area contributed by atoms with Crippen molar-refractivity contribution in [3.05, 3.63) is 35.7 Å². The van der Waals surface area contributed by atoms with E-state index < -0.39 is 0 Å². The van der Waals surface area contributed by atoms with Gasteiger partial charge in [0.1, 0.15) is 5.82 Å². The second-order valence-electron chi connectivity index (χ2n) is 4.05. The van der Waals surface area contributed by atoms with E-state index in [4.69, 9.17) is 4.52 Å². The Kier molecular flexibility index (Phi) is 4.18. The van der Waals surface area contributed by atoms with Crippen molar-refractivity contribution in [1.29, 1.82) is 0 Å². The average molecular weight is 284 g/mol. The monoisotopic (exact) mass is 283 g/mol. The fourth-order valence-electron chi connectivity index (χ4n) is 1.99. The third-order valence-corrected chi connectivity index (χ3v) is 2.91. The molecule has 2 aromatic heterocycles. The molecular formula is C11H14ClN5O2. The summed E-state index contributed by atoms with van der Waals surface area (Å²) in [4.78, 5) is 16.0. The molecule has 3 rings (SSSR count). The minimum Gasteiger partial charge on any atom is -0.351 e. The number of imidazole rings is 1. The molecule has 3 heterocycles. The van der Waals surface area contributed by atoms with Gasteiger partial charge in [-0.15, -0.1) is 12.4 Å². The molecule has 1 aliphatic rings. The number of nitrogens with one attached hydrogen (secondary N) is 2. The van der Waals surface area contributed by atoms with Crippen molar-refractivity contribution < 1.29 is 9.32 Å². The summed E-state index contributed by atoms with van der Waals surface area (Å²) < 4.78 is 6.91. The van der Waals surface area contributed by atoms with E-state index in [9.17, 15) is 4.79 Å². The van der Waals surface area contributed by atoms with Crippen LogP contribution in [0.2, 0.25) is 0 Å². The number of amides is 1. The van der Waals surface area contributed by atoms with E-state index in [1.165, 1.54) is 12.3 Å². The predicted molar refractivity (Wildman–Crippen MR) is 68.9 cm³/mol. The molecule has 1 amide bonds. The quantitative estimate of drug-likeness (QED) is 0.848. The summed E-state index contributed by atoms with van der Waals surface area (Å²) in [5.74, 6) is 0.956. The molecule has 0 aromatic carbocycles. The molecule has 102 valence electrons. The zero-order valence-electron chi connectivity index (χ0n) is 10.1. The van der Waals surface area contributed by atoms with Gasteiger partial charge in [-0.05, 0) is 0 Å². The van der Waals surface area contributed by atoms with Crippen molar-refractivity contribution in [2.75, 3.05) is 6.54 Å². The Balaban J connectivity index is 0.00000133. The molecular weight excluding hydrogens is 270 g/mol. The van der Waals surface area contributed by atoms with Gasteiger partial charge in [0.25, 0.3) is 5.91 Å². The Morgan fingerprint density at radius 2 is 2.47 bits per heavy atom. The Morgan fingerprint density at radius 3 is 3.26 bits per heavy atom. The van der Waals surface area contributed by atoms with E-state index in [-0.39, 0.29) is 24.1 Å². The van der Waals surface area contributed by atoms with Gasteiger partial charge >= 0.3 is 0 Å². The highest BCUT2D eigenvalue weighted by Crippen LogP contribution is 2.08. The number of carbonyl (C=O) groups is 1. The highest BCUT2D eigenvalue weighted by Gasteiger charge is 2.15. The zero-order chi connectivity index (χ0) is 12.4. The molecule has 0 saturated heterocycles. The zero-order valence-corrected chi connectivity index (χ0v) is 10.9. The lowest BCUT2D eigenvalue weighted by Crippen LogP contribution is -2.31. The van der Waals surface area contributed by atoms with Crippen LogP contribution in [0.5, 0.6) is 0 Å². The van der Waals surface area contributed by atoms with Gasteiger partial charge in [-0.1, -0.05) is 5.16 Å². The summed E-state index contributed by atoms with van der Waals surface area (Å²) in [6, 6.07) is 1.53. The van der Waals surface area contributed by atoms with Gasteiger partial charge in [-0.2, -0.15) is 0 Å². The van der Waals surface area contributed by atoms with Crippen LogP contribution in [-0.4, -0.2) is 27.2 Å². The van der Waals surface area contributed by atoms with Crippen LogP contribution < -0.4 is 10.6 Å². The van der Waals surface area contributed by atoms with E-state index in [2.05, 4.69) is 25.3 Å². The van der Waals surface area contributed by atoms with Gasteiger partial charge in [0.05, 0.1) is 31.2 Å². The van der Waals surface area contributed by atoms with Crippen molar-refractivity contribution in [2.45, 2.75) is 19.6 Å². The molecule has 0 bridgehead atoms. The Hall–Kier alpha value is -1.86. The second kappa shape index (κ2) is 5.85. The van der Waals surface area contributed by atoms with Crippen LogP contribution in [0.1, 0.15) is 22.1 Å². The van der Waals surface area contributed by atoms with Gasteiger partial charge in [-0.3, -0.25) is 4.79 Å². The van der Waals surface area contributed by atoms with Crippen LogP contribution in [0.15, 0.2) is 23.0 Å². The molecule has 0 atom stereocenters. The average Bonchev–Trinajstić information content (AvgIpc) is 3.06.